The Hall–Kier alpha value is -0.910. The molecule has 1 aromatic rings. The van der Waals surface area contributed by atoms with E-state index >= 15 is 0 Å². The maximum Gasteiger partial charge on any atom is 0.0945 e. The van der Waals surface area contributed by atoms with E-state index < -0.39 is 0 Å². The summed E-state index contributed by atoms with van der Waals surface area (Å²) in [7, 11) is 0. The highest BCUT2D eigenvalue weighted by atomic mass is 16.5. The van der Waals surface area contributed by atoms with Gasteiger partial charge in [0.1, 0.15) is 0 Å². The zero-order valence-corrected chi connectivity index (χ0v) is 11.0. The van der Waals surface area contributed by atoms with Crippen LogP contribution in [0.3, 0.4) is 0 Å². The highest BCUT2D eigenvalue weighted by Gasteiger charge is 2.18. The average Bonchev–Trinajstić information content (AvgIpc) is 2.91. The van der Waals surface area contributed by atoms with Gasteiger partial charge in [0.2, 0.25) is 0 Å². The average molecular weight is 252 g/mol. The number of aromatic nitrogens is 2. The molecule has 1 fully saturated rings. The molecular weight excluding hydrogens is 228 g/mol. The molecule has 0 radical (unpaired) electrons. The third kappa shape index (κ3) is 4.40. The van der Waals surface area contributed by atoms with E-state index in [2.05, 4.69) is 14.5 Å². The minimum Gasteiger partial charge on any atom is -0.377 e. The molecule has 1 saturated heterocycles. The van der Waals surface area contributed by atoms with E-state index in [4.69, 9.17) is 10.5 Å². The minimum atomic E-state index is 0.429. The lowest BCUT2D eigenvalue weighted by Gasteiger charge is -2.31. The second-order valence-corrected chi connectivity index (χ2v) is 4.85. The molecule has 0 saturated carbocycles. The Balaban J connectivity index is 1.56. The number of rotatable bonds is 7. The fourth-order valence-electron chi connectivity index (χ4n) is 2.43. The molecule has 0 amide bonds. The van der Waals surface area contributed by atoms with Gasteiger partial charge in [-0.25, -0.2) is 4.98 Å². The highest BCUT2D eigenvalue weighted by molar-refractivity contribution is 4.75. The number of nitrogens with two attached hydrogens (primary N) is 1. The first kappa shape index (κ1) is 13.5. The second kappa shape index (κ2) is 7.51. The van der Waals surface area contributed by atoms with E-state index in [9.17, 15) is 0 Å². The molecule has 0 spiro atoms. The molecule has 1 aromatic heterocycles. The standard InChI is InChI=1S/C13H24N4O/c14-4-11-18-13-2-8-16(9-3-13)6-1-7-17-10-5-15-12-17/h5,10,12-13H,1-4,6-9,11,14H2. The molecule has 0 bridgehead atoms. The smallest absolute Gasteiger partial charge is 0.0945 e. The van der Waals surface area contributed by atoms with Gasteiger partial charge < -0.3 is 19.9 Å². The predicted molar refractivity (Wildman–Crippen MR) is 71.3 cm³/mol. The van der Waals surface area contributed by atoms with Crippen LogP contribution in [0, 0.1) is 0 Å². The summed E-state index contributed by atoms with van der Waals surface area (Å²) in [6.07, 6.45) is 9.64. The van der Waals surface area contributed by atoms with Gasteiger partial charge >= 0.3 is 0 Å². The summed E-state index contributed by atoms with van der Waals surface area (Å²) in [5, 5.41) is 0. The summed E-state index contributed by atoms with van der Waals surface area (Å²) in [5.41, 5.74) is 5.44. The summed E-state index contributed by atoms with van der Waals surface area (Å²) in [5.74, 6) is 0. The van der Waals surface area contributed by atoms with Crippen LogP contribution in [0.5, 0.6) is 0 Å². The van der Waals surface area contributed by atoms with E-state index in [-0.39, 0.29) is 0 Å². The third-order valence-corrected chi connectivity index (χ3v) is 3.46. The summed E-state index contributed by atoms with van der Waals surface area (Å²) < 4.78 is 7.82. The number of hydrogen-bond acceptors (Lipinski definition) is 4. The van der Waals surface area contributed by atoms with Crippen LogP contribution in [-0.4, -0.2) is 53.3 Å². The molecule has 2 N–H and O–H groups in total. The fourth-order valence-corrected chi connectivity index (χ4v) is 2.43. The molecule has 2 rings (SSSR count). The Morgan fingerprint density at radius 2 is 2.11 bits per heavy atom. The maximum atomic E-state index is 5.68. The summed E-state index contributed by atoms with van der Waals surface area (Å²) in [6.45, 7) is 5.86. The normalized spacial score (nSPS) is 18.3. The summed E-state index contributed by atoms with van der Waals surface area (Å²) in [6, 6.07) is 0. The van der Waals surface area contributed by atoms with Gasteiger partial charge in [-0.2, -0.15) is 0 Å². The highest BCUT2D eigenvalue weighted by Crippen LogP contribution is 2.13. The summed E-state index contributed by atoms with van der Waals surface area (Å²) >= 11 is 0. The molecule has 0 aromatic carbocycles. The van der Waals surface area contributed by atoms with Crippen molar-refractivity contribution < 1.29 is 4.74 Å². The van der Waals surface area contributed by atoms with Gasteiger partial charge in [-0.15, -0.1) is 0 Å². The largest absolute Gasteiger partial charge is 0.377 e. The van der Waals surface area contributed by atoms with Crippen molar-refractivity contribution in [3.05, 3.63) is 18.7 Å². The molecule has 2 heterocycles. The SMILES string of the molecule is NCCOC1CCN(CCCn2ccnc2)CC1. The molecule has 5 nitrogen and oxygen atoms in total. The third-order valence-electron chi connectivity index (χ3n) is 3.46. The van der Waals surface area contributed by atoms with Crippen molar-refractivity contribution in [2.75, 3.05) is 32.8 Å². The number of hydrogen-bond donors (Lipinski definition) is 1. The van der Waals surface area contributed by atoms with Gasteiger partial charge in [0, 0.05) is 38.6 Å². The van der Waals surface area contributed by atoms with Gasteiger partial charge in [-0.05, 0) is 25.8 Å². The summed E-state index contributed by atoms with van der Waals surface area (Å²) in [4.78, 5) is 6.58. The monoisotopic (exact) mass is 252 g/mol. The van der Waals surface area contributed by atoms with Gasteiger partial charge in [0.05, 0.1) is 19.0 Å². The van der Waals surface area contributed by atoms with Crippen molar-refractivity contribution in [2.24, 2.45) is 5.73 Å². The van der Waals surface area contributed by atoms with Crippen LogP contribution in [0.4, 0.5) is 0 Å². The Morgan fingerprint density at radius 1 is 1.28 bits per heavy atom. The Bertz CT molecular complexity index is 307. The molecule has 0 unspecified atom stereocenters. The maximum absolute atomic E-state index is 5.68. The van der Waals surface area contributed by atoms with Crippen molar-refractivity contribution in [1.82, 2.24) is 14.5 Å². The van der Waals surface area contributed by atoms with Gasteiger partial charge in [-0.1, -0.05) is 0 Å². The van der Waals surface area contributed by atoms with Crippen LogP contribution < -0.4 is 5.73 Å². The molecule has 0 aliphatic carbocycles. The molecule has 0 atom stereocenters. The van der Waals surface area contributed by atoms with Gasteiger partial charge in [-0.3, -0.25) is 0 Å². The van der Waals surface area contributed by atoms with Crippen molar-refractivity contribution in [3.8, 4) is 0 Å². The first-order valence-electron chi connectivity index (χ1n) is 6.88. The number of likely N-dealkylation sites (tertiary alicyclic amines) is 1. The Labute approximate surface area is 109 Å². The lowest BCUT2D eigenvalue weighted by molar-refractivity contribution is 0.0111. The van der Waals surface area contributed by atoms with E-state index in [1.165, 1.54) is 13.0 Å². The van der Waals surface area contributed by atoms with Gasteiger partial charge in [0.25, 0.3) is 0 Å². The van der Waals surface area contributed by atoms with Crippen LogP contribution in [0.25, 0.3) is 0 Å². The molecule has 5 heteroatoms. The number of ether oxygens (including phenoxy) is 1. The predicted octanol–water partition coefficient (Wildman–Crippen LogP) is 0.713. The quantitative estimate of drug-likeness (QED) is 0.776. The lowest BCUT2D eigenvalue weighted by Crippen LogP contribution is -2.38. The van der Waals surface area contributed by atoms with Crippen molar-refractivity contribution in [1.29, 1.82) is 0 Å². The van der Waals surface area contributed by atoms with E-state index in [1.54, 1.807) is 0 Å². The first-order valence-corrected chi connectivity index (χ1v) is 6.88. The fraction of sp³-hybridized carbons (Fsp3) is 0.769. The van der Waals surface area contributed by atoms with Gasteiger partial charge in [0.15, 0.2) is 0 Å². The van der Waals surface area contributed by atoms with Crippen LogP contribution in [0.2, 0.25) is 0 Å². The van der Waals surface area contributed by atoms with Crippen molar-refractivity contribution in [3.63, 3.8) is 0 Å². The first-order chi connectivity index (χ1) is 8.88. The van der Waals surface area contributed by atoms with Crippen molar-refractivity contribution >= 4 is 0 Å². The van der Waals surface area contributed by atoms with E-state index in [1.807, 2.05) is 18.7 Å². The van der Waals surface area contributed by atoms with Crippen molar-refractivity contribution in [2.45, 2.75) is 31.9 Å². The number of nitrogens with zero attached hydrogens (tertiary/aromatic N) is 3. The lowest BCUT2D eigenvalue weighted by atomic mass is 10.1. The number of aryl methyl sites for hydroxylation is 1. The second-order valence-electron chi connectivity index (χ2n) is 4.85. The Kier molecular flexibility index (Phi) is 5.64. The molecule has 18 heavy (non-hydrogen) atoms. The number of piperidine rings is 1. The van der Waals surface area contributed by atoms with Crippen LogP contribution >= 0.6 is 0 Å². The zero-order chi connectivity index (χ0) is 12.6. The van der Waals surface area contributed by atoms with Crippen LogP contribution in [0.1, 0.15) is 19.3 Å². The minimum absolute atomic E-state index is 0.429. The van der Waals surface area contributed by atoms with E-state index in [0.29, 0.717) is 19.3 Å². The number of imidazole rings is 1. The molecule has 1 aliphatic heterocycles. The zero-order valence-electron chi connectivity index (χ0n) is 11.0. The Morgan fingerprint density at radius 3 is 2.78 bits per heavy atom. The van der Waals surface area contributed by atoms with Crippen LogP contribution in [0.15, 0.2) is 18.7 Å². The molecule has 1 aliphatic rings. The topological polar surface area (TPSA) is 56.3 Å². The molecule has 102 valence electrons. The molecular formula is C13H24N4O. The van der Waals surface area contributed by atoms with Crippen LogP contribution in [-0.2, 0) is 11.3 Å². The van der Waals surface area contributed by atoms with E-state index in [0.717, 1.165) is 32.5 Å².